The van der Waals surface area contributed by atoms with E-state index in [2.05, 4.69) is 98.9 Å². The highest BCUT2D eigenvalue weighted by molar-refractivity contribution is 5.70. The second-order valence-electron chi connectivity index (χ2n) is 15.1. The first kappa shape index (κ1) is 53.1. The number of ether oxygens (including phenoxy) is 2. The molecule has 0 aliphatic rings. The molecule has 0 aromatic carbocycles. The molecule has 1 unspecified atom stereocenters. The van der Waals surface area contributed by atoms with Gasteiger partial charge in [0, 0.05) is 12.8 Å². The van der Waals surface area contributed by atoms with Gasteiger partial charge >= 0.3 is 11.9 Å². The van der Waals surface area contributed by atoms with Crippen LogP contribution in [0.5, 0.6) is 0 Å². The van der Waals surface area contributed by atoms with Crippen molar-refractivity contribution >= 4 is 11.9 Å². The first-order valence-corrected chi connectivity index (χ1v) is 23.1. The Morgan fingerprint density at radius 1 is 0.429 bits per heavy atom. The van der Waals surface area contributed by atoms with Crippen molar-refractivity contribution in [3.63, 3.8) is 0 Å². The van der Waals surface area contributed by atoms with Crippen molar-refractivity contribution in [1.29, 1.82) is 0 Å². The van der Waals surface area contributed by atoms with Crippen LogP contribution in [0.3, 0.4) is 0 Å². The van der Waals surface area contributed by atoms with Crippen LogP contribution in [0, 0.1) is 0 Å². The van der Waals surface area contributed by atoms with Gasteiger partial charge in [-0.1, -0.05) is 189 Å². The lowest BCUT2D eigenvalue weighted by Gasteiger charge is -2.15. The molecule has 0 aliphatic heterocycles. The molecule has 1 atom stereocenters. The largest absolute Gasteiger partial charge is 0.462 e. The van der Waals surface area contributed by atoms with E-state index in [-0.39, 0.29) is 25.2 Å². The number of aliphatic hydroxyl groups excluding tert-OH is 1. The Labute approximate surface area is 346 Å². The molecule has 0 fully saturated rings. The molecule has 0 saturated carbocycles. The molecular weight excluding hydrogens is 693 g/mol. The van der Waals surface area contributed by atoms with Gasteiger partial charge in [-0.15, -0.1) is 0 Å². The first-order chi connectivity index (χ1) is 27.6. The molecule has 0 aromatic heterocycles. The Hall–Kier alpha value is -2.92. The predicted molar refractivity (Wildman–Crippen MR) is 242 cm³/mol. The van der Waals surface area contributed by atoms with E-state index in [4.69, 9.17) is 9.47 Å². The molecule has 0 heterocycles. The lowest BCUT2D eigenvalue weighted by atomic mass is 10.1. The minimum absolute atomic E-state index is 0.0804. The summed E-state index contributed by atoms with van der Waals surface area (Å²) in [4.78, 5) is 24.4. The minimum atomic E-state index is -0.787. The van der Waals surface area contributed by atoms with Gasteiger partial charge < -0.3 is 14.6 Å². The summed E-state index contributed by atoms with van der Waals surface area (Å²) in [5.74, 6) is -0.618. The summed E-state index contributed by atoms with van der Waals surface area (Å²) in [5, 5.41) is 9.60. The monoisotopic (exact) mass is 779 g/mol. The maximum Gasteiger partial charge on any atom is 0.306 e. The maximum absolute atomic E-state index is 12.2. The Balaban J connectivity index is 3.60. The minimum Gasteiger partial charge on any atom is -0.462 e. The van der Waals surface area contributed by atoms with Gasteiger partial charge in [0.1, 0.15) is 6.61 Å². The second-order valence-corrected chi connectivity index (χ2v) is 15.1. The van der Waals surface area contributed by atoms with Crippen molar-refractivity contribution in [2.45, 2.75) is 213 Å². The molecule has 0 rings (SSSR count). The van der Waals surface area contributed by atoms with Gasteiger partial charge in [-0.3, -0.25) is 9.59 Å². The SMILES string of the molecule is CC/C=C\C/C=C\C/C=C\C/C=C\CCCCCCCCCCC(=O)OC(CO)COC(=O)CCCCCCCC/C=C\C/C=C\C/C=C\CCCCCCC. The Kier molecular flexibility index (Phi) is 44.0. The maximum atomic E-state index is 12.2. The third-order valence-electron chi connectivity index (χ3n) is 9.67. The lowest BCUT2D eigenvalue weighted by molar-refractivity contribution is -0.161. The Morgan fingerprint density at radius 3 is 1.16 bits per heavy atom. The van der Waals surface area contributed by atoms with Crippen molar-refractivity contribution in [3.8, 4) is 0 Å². The van der Waals surface area contributed by atoms with Crippen molar-refractivity contribution in [2.24, 2.45) is 0 Å². The molecular formula is C51H86O5. The zero-order valence-corrected chi connectivity index (χ0v) is 36.4. The number of esters is 2. The summed E-state index contributed by atoms with van der Waals surface area (Å²) in [5.41, 5.74) is 0. The average molecular weight is 779 g/mol. The van der Waals surface area contributed by atoms with Crippen molar-refractivity contribution < 1.29 is 24.2 Å². The van der Waals surface area contributed by atoms with E-state index in [1.54, 1.807) is 0 Å². The van der Waals surface area contributed by atoms with Gasteiger partial charge in [-0.25, -0.2) is 0 Å². The molecule has 56 heavy (non-hydrogen) atoms. The number of carbonyl (C=O) groups is 2. The molecule has 0 saturated heterocycles. The molecule has 0 aliphatic carbocycles. The zero-order chi connectivity index (χ0) is 40.7. The molecule has 5 heteroatoms. The van der Waals surface area contributed by atoms with E-state index in [9.17, 15) is 14.7 Å². The van der Waals surface area contributed by atoms with E-state index >= 15 is 0 Å². The van der Waals surface area contributed by atoms with Gasteiger partial charge in [0.15, 0.2) is 6.10 Å². The standard InChI is InChI=1S/C51H86O5/c1-3-5-7-9-11-13-15-17-19-21-23-25-27-29-31-33-35-37-39-41-43-45-50(53)55-48-49(47-52)56-51(54)46-44-42-40-38-36-34-32-30-28-26-24-22-20-18-16-14-12-10-8-6-4-2/h6,8,12,14-15,17-18,20-21,23-24,26-27,29,49,52H,3-5,7,9-11,13,16,19,22,25,28,30-48H2,1-2H3/b8-6-,14-12-,17-15-,20-18-,23-21-,26-24-,29-27-. The molecule has 320 valence electrons. The lowest BCUT2D eigenvalue weighted by Crippen LogP contribution is -2.28. The number of carbonyl (C=O) groups excluding carboxylic acids is 2. The summed E-state index contributed by atoms with van der Waals surface area (Å²) in [6.07, 6.45) is 63.7. The molecule has 0 aromatic rings. The topological polar surface area (TPSA) is 72.8 Å². The Morgan fingerprint density at radius 2 is 0.768 bits per heavy atom. The molecule has 1 N–H and O–H groups in total. The van der Waals surface area contributed by atoms with Crippen LogP contribution in [0.1, 0.15) is 206 Å². The summed E-state index contributed by atoms with van der Waals surface area (Å²) in [7, 11) is 0. The van der Waals surface area contributed by atoms with Crippen LogP contribution in [-0.2, 0) is 19.1 Å². The van der Waals surface area contributed by atoms with E-state index in [0.29, 0.717) is 12.8 Å². The fourth-order valence-corrected chi connectivity index (χ4v) is 6.20. The van der Waals surface area contributed by atoms with Crippen molar-refractivity contribution in [3.05, 3.63) is 85.1 Å². The van der Waals surface area contributed by atoms with E-state index in [1.807, 2.05) is 0 Å². The summed E-state index contributed by atoms with van der Waals surface area (Å²) >= 11 is 0. The van der Waals surface area contributed by atoms with Gasteiger partial charge in [-0.05, 0) is 89.9 Å². The highest BCUT2D eigenvalue weighted by atomic mass is 16.6. The first-order valence-electron chi connectivity index (χ1n) is 23.1. The highest BCUT2D eigenvalue weighted by Gasteiger charge is 2.16. The van der Waals surface area contributed by atoms with Gasteiger partial charge in [0.05, 0.1) is 6.61 Å². The van der Waals surface area contributed by atoms with Crippen LogP contribution in [0.2, 0.25) is 0 Å². The third kappa shape index (κ3) is 43.8. The summed E-state index contributed by atoms with van der Waals surface area (Å²) < 4.78 is 10.6. The number of allylic oxidation sites excluding steroid dienone is 14. The highest BCUT2D eigenvalue weighted by Crippen LogP contribution is 2.13. The van der Waals surface area contributed by atoms with E-state index < -0.39 is 6.10 Å². The second kappa shape index (κ2) is 46.5. The van der Waals surface area contributed by atoms with Gasteiger partial charge in [0.2, 0.25) is 0 Å². The van der Waals surface area contributed by atoms with Crippen molar-refractivity contribution in [2.75, 3.05) is 13.2 Å². The molecule has 0 spiro atoms. The molecule has 0 radical (unpaired) electrons. The number of aliphatic hydroxyl groups is 1. The normalized spacial score (nSPS) is 13.0. The number of rotatable bonds is 41. The quantitative estimate of drug-likeness (QED) is 0.0380. The summed E-state index contributed by atoms with van der Waals surface area (Å²) in [6, 6.07) is 0. The van der Waals surface area contributed by atoms with E-state index in [0.717, 1.165) is 89.9 Å². The Bertz CT molecular complexity index is 1060. The van der Waals surface area contributed by atoms with Crippen LogP contribution >= 0.6 is 0 Å². The molecule has 0 amide bonds. The van der Waals surface area contributed by atoms with Crippen LogP contribution in [0.15, 0.2) is 85.1 Å². The zero-order valence-electron chi connectivity index (χ0n) is 36.4. The fourth-order valence-electron chi connectivity index (χ4n) is 6.20. The van der Waals surface area contributed by atoms with Crippen LogP contribution in [-0.4, -0.2) is 36.4 Å². The van der Waals surface area contributed by atoms with Gasteiger partial charge in [-0.2, -0.15) is 0 Å². The summed E-state index contributed by atoms with van der Waals surface area (Å²) in [6.45, 7) is 4.00. The van der Waals surface area contributed by atoms with Crippen molar-refractivity contribution in [1.82, 2.24) is 0 Å². The van der Waals surface area contributed by atoms with Crippen LogP contribution < -0.4 is 0 Å². The predicted octanol–water partition coefficient (Wildman–Crippen LogP) is 15.1. The smallest absolute Gasteiger partial charge is 0.306 e. The van der Waals surface area contributed by atoms with E-state index in [1.165, 1.54) is 89.9 Å². The number of hydrogen-bond donors (Lipinski definition) is 1. The fraction of sp³-hybridized carbons (Fsp3) is 0.686. The number of unbranched alkanes of at least 4 members (excludes halogenated alkanes) is 19. The average Bonchev–Trinajstić information content (AvgIpc) is 3.20. The van der Waals surface area contributed by atoms with Crippen LogP contribution in [0.4, 0.5) is 0 Å². The third-order valence-corrected chi connectivity index (χ3v) is 9.67. The molecule has 5 nitrogen and oxygen atoms in total. The number of hydrogen-bond acceptors (Lipinski definition) is 5. The van der Waals surface area contributed by atoms with Crippen LogP contribution in [0.25, 0.3) is 0 Å². The van der Waals surface area contributed by atoms with Gasteiger partial charge in [0.25, 0.3) is 0 Å². The molecule has 0 bridgehead atoms.